The van der Waals surface area contributed by atoms with Crippen molar-refractivity contribution in [2.75, 3.05) is 18.0 Å². The number of anilines is 1. The van der Waals surface area contributed by atoms with Crippen molar-refractivity contribution in [3.63, 3.8) is 0 Å². The van der Waals surface area contributed by atoms with Gasteiger partial charge in [-0.15, -0.1) is 0 Å². The average molecular weight is 502 g/mol. The van der Waals surface area contributed by atoms with Crippen LogP contribution >= 0.6 is 0 Å². The van der Waals surface area contributed by atoms with E-state index < -0.39 is 23.4 Å². The number of nitriles is 1. The number of amides is 1. The molecule has 36 heavy (non-hydrogen) atoms. The van der Waals surface area contributed by atoms with Gasteiger partial charge < -0.3 is 14.5 Å². The molecule has 4 heterocycles. The molecule has 2 atom stereocenters. The van der Waals surface area contributed by atoms with Gasteiger partial charge in [-0.2, -0.15) is 18.4 Å². The standard InChI is InChI=1S/C24H26F3N7O2/c1-14-11-33(22(35)36-23(3,4)5)15(2)10-32(14)20-19-17(24(25,26)27)12-34(21(19)31-13-30-20)18-8-16(9-28)6-7-29-18/h6-8,12-15H,10-11H2,1-5H3/t14-,15-/m1/s1. The highest BCUT2D eigenvalue weighted by molar-refractivity contribution is 5.93. The maximum absolute atomic E-state index is 14.2. The van der Waals surface area contributed by atoms with E-state index in [0.29, 0.717) is 0 Å². The van der Waals surface area contributed by atoms with Gasteiger partial charge in [0.1, 0.15) is 23.6 Å². The second kappa shape index (κ2) is 8.96. The molecule has 1 amide bonds. The predicted molar refractivity (Wildman–Crippen MR) is 126 cm³/mol. The number of fused-ring (bicyclic) bond motifs is 1. The molecule has 0 unspecified atom stereocenters. The molecule has 1 aliphatic rings. The minimum atomic E-state index is -4.69. The number of pyridine rings is 1. The van der Waals surface area contributed by atoms with Gasteiger partial charge in [-0.05, 0) is 46.8 Å². The van der Waals surface area contributed by atoms with Crippen LogP contribution in [0.4, 0.5) is 23.8 Å². The zero-order valence-electron chi connectivity index (χ0n) is 20.5. The summed E-state index contributed by atoms with van der Waals surface area (Å²) in [5.41, 5.74) is -1.31. The molecule has 9 nitrogen and oxygen atoms in total. The molecule has 12 heteroatoms. The van der Waals surface area contributed by atoms with E-state index in [1.807, 2.05) is 19.9 Å². The highest BCUT2D eigenvalue weighted by Crippen LogP contribution is 2.41. The summed E-state index contributed by atoms with van der Waals surface area (Å²) in [4.78, 5) is 28.6. The Balaban J connectivity index is 1.79. The van der Waals surface area contributed by atoms with Gasteiger partial charge in [0, 0.05) is 37.6 Å². The summed E-state index contributed by atoms with van der Waals surface area (Å²) < 4.78 is 49.3. The van der Waals surface area contributed by atoms with E-state index in [-0.39, 0.29) is 53.4 Å². The Labute approximate surface area is 206 Å². The molecule has 3 aromatic heterocycles. The molecule has 1 aliphatic heterocycles. The fraction of sp³-hybridized carbons (Fsp3) is 0.458. The average Bonchev–Trinajstić information content (AvgIpc) is 3.20. The first-order valence-corrected chi connectivity index (χ1v) is 11.4. The SMILES string of the molecule is C[C@@H]1CN(c2ncnc3c2c(C(F)(F)F)cn3-c2cc(C#N)ccn2)[C@H](C)CN1C(=O)OC(C)(C)C. The summed E-state index contributed by atoms with van der Waals surface area (Å²) in [6.45, 7) is 9.45. The van der Waals surface area contributed by atoms with Gasteiger partial charge in [0.2, 0.25) is 0 Å². The predicted octanol–water partition coefficient (Wildman–Crippen LogP) is 4.54. The number of ether oxygens (including phenoxy) is 1. The zero-order valence-corrected chi connectivity index (χ0v) is 20.5. The summed E-state index contributed by atoms with van der Waals surface area (Å²) in [7, 11) is 0. The number of alkyl halides is 3. The van der Waals surface area contributed by atoms with Gasteiger partial charge in [0.15, 0.2) is 5.65 Å². The lowest BCUT2D eigenvalue weighted by Gasteiger charge is -2.44. The normalized spacial score (nSPS) is 18.9. The van der Waals surface area contributed by atoms with Crippen molar-refractivity contribution in [1.82, 2.24) is 24.4 Å². The minimum absolute atomic E-state index is 0.0179. The first-order chi connectivity index (χ1) is 16.8. The number of nitrogens with zero attached hydrogens (tertiary/aromatic N) is 7. The van der Waals surface area contributed by atoms with Gasteiger partial charge in [0.05, 0.1) is 22.6 Å². The van der Waals surface area contributed by atoms with Crippen molar-refractivity contribution in [3.05, 3.63) is 42.0 Å². The van der Waals surface area contributed by atoms with Gasteiger partial charge in [-0.1, -0.05) is 0 Å². The number of carbonyl (C=O) groups is 1. The Bertz CT molecular complexity index is 1340. The van der Waals surface area contributed by atoms with E-state index in [4.69, 9.17) is 4.74 Å². The van der Waals surface area contributed by atoms with Gasteiger partial charge >= 0.3 is 12.3 Å². The lowest BCUT2D eigenvalue weighted by atomic mass is 10.1. The third kappa shape index (κ3) is 4.78. The minimum Gasteiger partial charge on any atom is -0.444 e. The van der Waals surface area contributed by atoms with Crippen LogP contribution in [0, 0.1) is 11.3 Å². The first-order valence-electron chi connectivity index (χ1n) is 11.4. The van der Waals surface area contributed by atoms with E-state index >= 15 is 0 Å². The maximum Gasteiger partial charge on any atom is 0.418 e. The lowest BCUT2D eigenvalue weighted by Crippen LogP contribution is -2.59. The Morgan fingerprint density at radius 3 is 2.50 bits per heavy atom. The molecule has 1 fully saturated rings. The molecule has 3 aromatic rings. The number of hydrogen-bond donors (Lipinski definition) is 0. The zero-order chi connectivity index (χ0) is 26.4. The summed E-state index contributed by atoms with van der Waals surface area (Å²) in [5, 5.41) is 9.04. The van der Waals surface area contributed by atoms with Crippen LogP contribution in [0.2, 0.25) is 0 Å². The Morgan fingerprint density at radius 1 is 1.14 bits per heavy atom. The number of piperazine rings is 1. The van der Waals surface area contributed by atoms with E-state index in [2.05, 4.69) is 15.0 Å². The number of hydrogen-bond acceptors (Lipinski definition) is 7. The molecule has 190 valence electrons. The summed E-state index contributed by atoms with van der Waals surface area (Å²) in [6.07, 6.45) is -1.67. The highest BCUT2D eigenvalue weighted by atomic mass is 19.4. The molecule has 0 aromatic carbocycles. The molecular formula is C24H26F3N7O2. The van der Waals surface area contributed by atoms with Crippen molar-refractivity contribution in [2.45, 2.75) is 58.5 Å². The Morgan fingerprint density at radius 2 is 1.86 bits per heavy atom. The van der Waals surface area contributed by atoms with Crippen LogP contribution in [0.25, 0.3) is 16.9 Å². The molecule has 0 saturated carbocycles. The summed E-state index contributed by atoms with van der Waals surface area (Å²) in [6, 6.07) is 4.13. The van der Waals surface area contributed by atoms with E-state index in [9.17, 15) is 23.2 Å². The lowest BCUT2D eigenvalue weighted by molar-refractivity contribution is -0.136. The number of rotatable bonds is 2. The van der Waals surface area contributed by atoms with Crippen LogP contribution in [-0.4, -0.2) is 61.3 Å². The van der Waals surface area contributed by atoms with Crippen LogP contribution < -0.4 is 4.90 Å². The van der Waals surface area contributed by atoms with Crippen LogP contribution in [0.15, 0.2) is 30.9 Å². The quantitative estimate of drug-likeness (QED) is 0.508. The van der Waals surface area contributed by atoms with Crippen LogP contribution in [0.3, 0.4) is 0 Å². The van der Waals surface area contributed by atoms with E-state index in [1.54, 1.807) is 30.6 Å². The summed E-state index contributed by atoms with van der Waals surface area (Å²) >= 11 is 0. The number of halogens is 3. The van der Waals surface area contributed by atoms with Crippen LogP contribution in [0.1, 0.15) is 45.7 Å². The van der Waals surface area contributed by atoms with Crippen LogP contribution in [-0.2, 0) is 10.9 Å². The van der Waals surface area contributed by atoms with Crippen molar-refractivity contribution in [2.24, 2.45) is 0 Å². The third-order valence-electron chi connectivity index (χ3n) is 5.88. The molecule has 0 radical (unpaired) electrons. The second-order valence-corrected chi connectivity index (χ2v) is 9.80. The molecule has 4 rings (SSSR count). The van der Waals surface area contributed by atoms with Crippen molar-refractivity contribution >= 4 is 22.9 Å². The molecule has 1 saturated heterocycles. The highest BCUT2D eigenvalue weighted by Gasteiger charge is 2.40. The maximum atomic E-state index is 14.2. The van der Waals surface area contributed by atoms with Gasteiger partial charge in [-0.3, -0.25) is 4.57 Å². The van der Waals surface area contributed by atoms with E-state index in [0.717, 1.165) is 6.20 Å². The van der Waals surface area contributed by atoms with Crippen molar-refractivity contribution < 1.29 is 22.7 Å². The molecular weight excluding hydrogens is 475 g/mol. The fourth-order valence-electron chi connectivity index (χ4n) is 4.27. The summed E-state index contributed by atoms with van der Waals surface area (Å²) in [5.74, 6) is 0.251. The van der Waals surface area contributed by atoms with Gasteiger partial charge in [0.25, 0.3) is 0 Å². The number of carbonyl (C=O) groups excluding carboxylic acids is 1. The van der Waals surface area contributed by atoms with Gasteiger partial charge in [-0.25, -0.2) is 19.7 Å². The third-order valence-corrected chi connectivity index (χ3v) is 5.88. The fourth-order valence-corrected chi connectivity index (χ4v) is 4.27. The Hall–Kier alpha value is -3.88. The van der Waals surface area contributed by atoms with Crippen molar-refractivity contribution in [1.29, 1.82) is 5.26 Å². The molecule has 0 spiro atoms. The smallest absolute Gasteiger partial charge is 0.418 e. The second-order valence-electron chi connectivity index (χ2n) is 9.80. The first kappa shape index (κ1) is 25.2. The largest absolute Gasteiger partial charge is 0.444 e. The van der Waals surface area contributed by atoms with Crippen LogP contribution in [0.5, 0.6) is 0 Å². The monoisotopic (exact) mass is 501 g/mol. The topological polar surface area (TPSA) is 100 Å². The van der Waals surface area contributed by atoms with E-state index in [1.165, 1.54) is 29.2 Å². The molecule has 0 aliphatic carbocycles. The molecule has 0 bridgehead atoms. The van der Waals surface area contributed by atoms with Crippen molar-refractivity contribution in [3.8, 4) is 11.9 Å². The number of aromatic nitrogens is 4. The Kier molecular flexibility index (Phi) is 6.28. The molecule has 0 N–H and O–H groups in total.